The lowest BCUT2D eigenvalue weighted by atomic mass is 10.1. The van der Waals surface area contributed by atoms with E-state index in [9.17, 15) is 13.7 Å². The highest BCUT2D eigenvalue weighted by Crippen LogP contribution is 2.26. The molecule has 3 aromatic rings. The van der Waals surface area contributed by atoms with Crippen LogP contribution in [0.5, 0.6) is 5.75 Å². The van der Waals surface area contributed by atoms with Crippen LogP contribution in [0.4, 0.5) is 0 Å². The Labute approximate surface area is 165 Å². The molecule has 0 saturated carbocycles. The molecule has 0 radical (unpaired) electrons. The van der Waals surface area contributed by atoms with Crippen molar-refractivity contribution >= 4 is 15.9 Å². The topological polar surface area (TPSA) is 67.2 Å². The van der Waals surface area contributed by atoms with Crippen LogP contribution in [-0.2, 0) is 16.4 Å². The largest absolute Gasteiger partial charge is 0.488 e. The minimum absolute atomic E-state index is 0.0842. The van der Waals surface area contributed by atoms with E-state index in [2.05, 4.69) is 0 Å². The highest BCUT2D eigenvalue weighted by atomic mass is 32.2. The normalized spacial score (nSPS) is 11.6. The summed E-state index contributed by atoms with van der Waals surface area (Å²) in [5.74, 6) is 0.514. The molecule has 0 unspecified atom stereocenters. The maximum absolute atomic E-state index is 12.8. The Morgan fingerprint density at radius 2 is 1.71 bits per heavy atom. The van der Waals surface area contributed by atoms with E-state index in [1.165, 1.54) is 18.2 Å². The first kappa shape index (κ1) is 19.4. The van der Waals surface area contributed by atoms with Crippen LogP contribution in [0.3, 0.4) is 0 Å². The van der Waals surface area contributed by atoms with Crippen molar-refractivity contribution in [1.82, 2.24) is 0 Å². The summed E-state index contributed by atoms with van der Waals surface area (Å²) in [7, 11) is -3.89. The molecule has 4 nitrogen and oxygen atoms in total. The average Bonchev–Trinajstić information content (AvgIpc) is 2.71. The molecule has 0 amide bonds. The van der Waals surface area contributed by atoms with Crippen molar-refractivity contribution in [3.05, 3.63) is 100 Å². The molecule has 0 aromatic heterocycles. The number of aryl methyl sites for hydroxylation is 1. The molecule has 0 bridgehead atoms. The molecule has 140 valence electrons. The lowest BCUT2D eigenvalue weighted by Gasteiger charge is -2.10. The second-order valence-corrected chi connectivity index (χ2v) is 8.17. The van der Waals surface area contributed by atoms with Crippen LogP contribution in [0.2, 0.25) is 0 Å². The van der Waals surface area contributed by atoms with Crippen LogP contribution < -0.4 is 4.74 Å². The summed E-state index contributed by atoms with van der Waals surface area (Å²) in [5.41, 5.74) is 2.68. The molecule has 0 saturated heterocycles. The molecule has 0 aliphatic rings. The van der Waals surface area contributed by atoms with Gasteiger partial charge in [0.1, 0.15) is 23.3 Å². The fourth-order valence-corrected chi connectivity index (χ4v) is 3.90. The van der Waals surface area contributed by atoms with E-state index in [-0.39, 0.29) is 9.80 Å². The number of nitriles is 1. The molecule has 5 heteroatoms. The van der Waals surface area contributed by atoms with Gasteiger partial charge in [0.25, 0.3) is 0 Å². The van der Waals surface area contributed by atoms with Crippen LogP contribution >= 0.6 is 0 Å². The van der Waals surface area contributed by atoms with Gasteiger partial charge in [-0.2, -0.15) is 5.26 Å². The van der Waals surface area contributed by atoms with E-state index in [1.54, 1.807) is 42.5 Å². The Balaban J connectivity index is 1.92. The van der Waals surface area contributed by atoms with E-state index in [0.29, 0.717) is 17.9 Å². The monoisotopic (exact) mass is 389 g/mol. The van der Waals surface area contributed by atoms with Gasteiger partial charge in [0, 0.05) is 5.56 Å². The van der Waals surface area contributed by atoms with E-state index >= 15 is 0 Å². The summed E-state index contributed by atoms with van der Waals surface area (Å²) in [6.45, 7) is 2.35. The summed E-state index contributed by atoms with van der Waals surface area (Å²) in [5, 5.41) is 9.48. The zero-order chi connectivity index (χ0) is 20.0. The summed E-state index contributed by atoms with van der Waals surface area (Å²) < 4.78 is 31.4. The maximum Gasteiger partial charge on any atom is 0.216 e. The molecule has 0 heterocycles. The average molecular weight is 389 g/mol. The van der Waals surface area contributed by atoms with Gasteiger partial charge in [0.15, 0.2) is 0 Å². The van der Waals surface area contributed by atoms with Crippen LogP contribution in [0.25, 0.3) is 6.08 Å². The first-order chi connectivity index (χ1) is 13.5. The number of para-hydroxylation sites is 1. The zero-order valence-corrected chi connectivity index (χ0v) is 16.2. The van der Waals surface area contributed by atoms with Gasteiger partial charge < -0.3 is 4.74 Å². The van der Waals surface area contributed by atoms with Crippen LogP contribution in [0.1, 0.15) is 16.7 Å². The molecular weight excluding hydrogens is 370 g/mol. The number of benzene rings is 3. The number of hydrogen-bond acceptors (Lipinski definition) is 4. The molecule has 0 aliphatic carbocycles. The van der Waals surface area contributed by atoms with Gasteiger partial charge in [-0.05, 0) is 36.8 Å². The van der Waals surface area contributed by atoms with Crippen LogP contribution in [-0.4, -0.2) is 8.42 Å². The fraction of sp³-hybridized carbons (Fsp3) is 0.0870. The molecule has 0 atom stereocenters. The number of nitrogens with zero attached hydrogens (tertiary/aromatic N) is 1. The molecular formula is C23H19NO3S. The number of hydrogen-bond donors (Lipinski definition) is 0. The van der Waals surface area contributed by atoms with Crippen molar-refractivity contribution in [3.8, 4) is 11.8 Å². The lowest BCUT2D eigenvalue weighted by Crippen LogP contribution is -2.04. The standard InChI is InChI=1S/C23H19NO3S/c1-18-8-7-9-19(14-18)17-27-23-13-6-5-10-20(23)15-22(16-24)28(25,26)21-11-3-2-4-12-21/h2-15H,17H2,1H3. The van der Waals surface area contributed by atoms with Crippen molar-refractivity contribution in [2.75, 3.05) is 0 Å². The molecule has 0 N–H and O–H groups in total. The predicted molar refractivity (Wildman–Crippen MR) is 109 cm³/mol. The van der Waals surface area contributed by atoms with Crippen molar-refractivity contribution < 1.29 is 13.2 Å². The van der Waals surface area contributed by atoms with E-state index in [0.717, 1.165) is 11.1 Å². The van der Waals surface area contributed by atoms with Crippen LogP contribution in [0.15, 0.2) is 88.7 Å². The van der Waals surface area contributed by atoms with Gasteiger partial charge >= 0.3 is 0 Å². The summed E-state index contributed by atoms with van der Waals surface area (Å²) in [6, 6.07) is 24.8. The second kappa shape index (κ2) is 8.55. The third-order valence-corrected chi connectivity index (χ3v) is 5.82. The number of rotatable bonds is 6. The Hall–Kier alpha value is -3.36. The molecule has 0 aliphatic heterocycles. The van der Waals surface area contributed by atoms with E-state index in [4.69, 9.17) is 4.74 Å². The lowest BCUT2D eigenvalue weighted by molar-refractivity contribution is 0.305. The number of allylic oxidation sites excluding steroid dienone is 1. The Bertz CT molecular complexity index is 1140. The molecule has 0 spiro atoms. The number of ether oxygens (including phenoxy) is 1. The maximum atomic E-state index is 12.8. The predicted octanol–water partition coefficient (Wildman–Crippen LogP) is 4.91. The van der Waals surface area contributed by atoms with Crippen LogP contribution in [0, 0.1) is 18.3 Å². The minimum atomic E-state index is -3.89. The minimum Gasteiger partial charge on any atom is -0.488 e. The SMILES string of the molecule is Cc1cccc(COc2ccccc2C=C(C#N)S(=O)(=O)c2ccccc2)c1. The first-order valence-electron chi connectivity index (χ1n) is 8.70. The molecule has 28 heavy (non-hydrogen) atoms. The fourth-order valence-electron chi connectivity index (χ4n) is 2.73. The molecule has 3 rings (SSSR count). The Kier molecular flexibility index (Phi) is 5.93. The highest BCUT2D eigenvalue weighted by Gasteiger charge is 2.21. The van der Waals surface area contributed by atoms with Gasteiger partial charge in [-0.1, -0.05) is 66.2 Å². The van der Waals surface area contributed by atoms with Gasteiger partial charge in [-0.3, -0.25) is 0 Å². The Morgan fingerprint density at radius 3 is 2.43 bits per heavy atom. The summed E-state index contributed by atoms with van der Waals surface area (Å²) >= 11 is 0. The van der Waals surface area contributed by atoms with Crippen molar-refractivity contribution in [2.45, 2.75) is 18.4 Å². The first-order valence-corrected chi connectivity index (χ1v) is 10.2. The Morgan fingerprint density at radius 1 is 1.00 bits per heavy atom. The van der Waals surface area contributed by atoms with E-state index in [1.807, 2.05) is 37.3 Å². The van der Waals surface area contributed by atoms with Crippen molar-refractivity contribution in [2.24, 2.45) is 0 Å². The van der Waals surface area contributed by atoms with Crippen molar-refractivity contribution in [1.29, 1.82) is 5.26 Å². The smallest absolute Gasteiger partial charge is 0.216 e. The summed E-state index contributed by atoms with van der Waals surface area (Å²) in [4.78, 5) is -0.244. The summed E-state index contributed by atoms with van der Waals surface area (Å²) in [6.07, 6.45) is 1.36. The third-order valence-electron chi connectivity index (χ3n) is 4.14. The van der Waals surface area contributed by atoms with Gasteiger partial charge in [-0.15, -0.1) is 0 Å². The molecule has 0 fully saturated rings. The van der Waals surface area contributed by atoms with Gasteiger partial charge in [0.05, 0.1) is 4.90 Å². The third kappa shape index (κ3) is 4.48. The highest BCUT2D eigenvalue weighted by molar-refractivity contribution is 7.95. The van der Waals surface area contributed by atoms with E-state index < -0.39 is 9.84 Å². The molecule has 3 aromatic carbocycles. The number of sulfone groups is 1. The second-order valence-electron chi connectivity index (χ2n) is 6.25. The van der Waals surface area contributed by atoms with Gasteiger partial charge in [-0.25, -0.2) is 8.42 Å². The quantitative estimate of drug-likeness (QED) is 0.562. The van der Waals surface area contributed by atoms with Gasteiger partial charge in [0.2, 0.25) is 9.84 Å². The van der Waals surface area contributed by atoms with Crippen molar-refractivity contribution in [3.63, 3.8) is 0 Å². The zero-order valence-electron chi connectivity index (χ0n) is 15.4.